The summed E-state index contributed by atoms with van der Waals surface area (Å²) in [5.41, 5.74) is 3.57. The summed E-state index contributed by atoms with van der Waals surface area (Å²) in [6.07, 6.45) is 0. The Bertz CT molecular complexity index is 1200. The van der Waals surface area contributed by atoms with Crippen molar-refractivity contribution in [1.82, 2.24) is 4.90 Å². The topological polar surface area (TPSA) is 61.9 Å². The van der Waals surface area contributed by atoms with Crippen LogP contribution in [-0.4, -0.2) is 49.5 Å². The average Bonchev–Trinajstić information content (AvgIpc) is 2.88. The molecule has 3 aromatic rings. The van der Waals surface area contributed by atoms with Crippen LogP contribution in [0.25, 0.3) is 0 Å². The molecule has 7 heteroatoms. The zero-order valence-corrected chi connectivity index (χ0v) is 21.7. The first-order valence-electron chi connectivity index (χ1n) is 12.1. The predicted molar refractivity (Wildman–Crippen MR) is 145 cm³/mol. The van der Waals surface area contributed by atoms with Crippen molar-refractivity contribution in [3.8, 4) is 5.75 Å². The van der Waals surface area contributed by atoms with Crippen LogP contribution in [0.3, 0.4) is 0 Å². The number of benzene rings is 3. The molecule has 0 bridgehead atoms. The SMILES string of the molecule is CC(C)(C)c1ccc(OCC(=O)Nc2ccccc2N2CCN(C(=O)c3ccc(Cl)cc3)CC2)cc1. The second-order valence-corrected chi connectivity index (χ2v) is 10.4. The number of ether oxygens (including phenoxy) is 1. The second-order valence-electron chi connectivity index (χ2n) is 9.91. The summed E-state index contributed by atoms with van der Waals surface area (Å²) in [5.74, 6) is 0.437. The molecule has 1 saturated heterocycles. The molecule has 36 heavy (non-hydrogen) atoms. The maximum absolute atomic E-state index is 12.8. The number of carbonyl (C=O) groups is 2. The molecule has 0 aromatic heterocycles. The molecule has 1 aliphatic rings. The van der Waals surface area contributed by atoms with Gasteiger partial charge in [0.05, 0.1) is 11.4 Å². The third-order valence-electron chi connectivity index (χ3n) is 6.27. The highest BCUT2D eigenvalue weighted by molar-refractivity contribution is 6.30. The summed E-state index contributed by atoms with van der Waals surface area (Å²) in [6, 6.07) is 22.5. The Morgan fingerprint density at radius 1 is 0.889 bits per heavy atom. The van der Waals surface area contributed by atoms with Gasteiger partial charge in [-0.3, -0.25) is 9.59 Å². The van der Waals surface area contributed by atoms with Crippen LogP contribution in [0.5, 0.6) is 5.75 Å². The van der Waals surface area contributed by atoms with Gasteiger partial charge in [-0.15, -0.1) is 0 Å². The van der Waals surface area contributed by atoms with E-state index in [4.69, 9.17) is 16.3 Å². The maximum atomic E-state index is 12.8. The highest BCUT2D eigenvalue weighted by Crippen LogP contribution is 2.27. The van der Waals surface area contributed by atoms with Crippen LogP contribution in [0.2, 0.25) is 5.02 Å². The van der Waals surface area contributed by atoms with E-state index in [2.05, 4.69) is 31.0 Å². The standard InChI is InChI=1S/C29H32ClN3O3/c1-29(2,3)22-10-14-24(15-11-22)36-20-27(34)31-25-6-4-5-7-26(25)32-16-18-33(19-17-32)28(35)21-8-12-23(30)13-9-21/h4-15H,16-20H2,1-3H3,(H,31,34). The van der Waals surface area contributed by atoms with Crippen LogP contribution in [0.1, 0.15) is 36.7 Å². The van der Waals surface area contributed by atoms with Gasteiger partial charge in [-0.25, -0.2) is 0 Å². The van der Waals surface area contributed by atoms with Gasteiger partial charge in [0.2, 0.25) is 0 Å². The number of amides is 2. The molecule has 3 aromatic carbocycles. The first-order chi connectivity index (χ1) is 17.2. The smallest absolute Gasteiger partial charge is 0.262 e. The van der Waals surface area contributed by atoms with E-state index in [1.54, 1.807) is 24.3 Å². The van der Waals surface area contributed by atoms with Crippen LogP contribution in [0.15, 0.2) is 72.8 Å². The molecule has 188 valence electrons. The number of anilines is 2. The molecular weight excluding hydrogens is 474 g/mol. The maximum Gasteiger partial charge on any atom is 0.262 e. The Morgan fingerprint density at radius 2 is 1.53 bits per heavy atom. The summed E-state index contributed by atoms with van der Waals surface area (Å²) < 4.78 is 5.70. The fourth-order valence-corrected chi connectivity index (χ4v) is 4.29. The molecule has 0 aliphatic carbocycles. The van der Waals surface area contributed by atoms with E-state index >= 15 is 0 Å². The van der Waals surface area contributed by atoms with Crippen molar-refractivity contribution >= 4 is 34.8 Å². The quantitative estimate of drug-likeness (QED) is 0.472. The Kier molecular flexibility index (Phi) is 7.85. The summed E-state index contributed by atoms with van der Waals surface area (Å²) in [5, 5.41) is 3.59. The number of hydrogen-bond donors (Lipinski definition) is 1. The van der Waals surface area contributed by atoms with Crippen LogP contribution >= 0.6 is 11.6 Å². The zero-order valence-electron chi connectivity index (χ0n) is 21.0. The summed E-state index contributed by atoms with van der Waals surface area (Å²) in [4.78, 5) is 29.5. The predicted octanol–water partition coefficient (Wildman–Crippen LogP) is 5.62. The first kappa shape index (κ1) is 25.6. The first-order valence-corrected chi connectivity index (χ1v) is 12.5. The van der Waals surface area contributed by atoms with Crippen molar-refractivity contribution in [2.75, 3.05) is 43.0 Å². The Morgan fingerprint density at radius 3 is 2.17 bits per heavy atom. The monoisotopic (exact) mass is 505 g/mol. The normalized spacial score (nSPS) is 13.9. The zero-order chi connectivity index (χ0) is 25.7. The van der Waals surface area contributed by atoms with E-state index in [1.165, 1.54) is 5.56 Å². The van der Waals surface area contributed by atoms with Crippen molar-refractivity contribution in [3.63, 3.8) is 0 Å². The lowest BCUT2D eigenvalue weighted by atomic mass is 9.87. The van der Waals surface area contributed by atoms with E-state index in [0.29, 0.717) is 42.5 Å². The minimum Gasteiger partial charge on any atom is -0.484 e. The lowest BCUT2D eigenvalue weighted by Crippen LogP contribution is -2.49. The number of nitrogens with zero attached hydrogens (tertiary/aromatic N) is 2. The number of halogens is 1. The lowest BCUT2D eigenvalue weighted by molar-refractivity contribution is -0.118. The van der Waals surface area contributed by atoms with Crippen LogP contribution < -0.4 is 15.0 Å². The number of rotatable bonds is 6. The molecular formula is C29H32ClN3O3. The van der Waals surface area contributed by atoms with Gasteiger partial charge in [0, 0.05) is 36.8 Å². The summed E-state index contributed by atoms with van der Waals surface area (Å²) in [7, 11) is 0. The number of carbonyl (C=O) groups excluding carboxylic acids is 2. The summed E-state index contributed by atoms with van der Waals surface area (Å²) in [6.45, 7) is 8.93. The number of hydrogen-bond acceptors (Lipinski definition) is 4. The molecule has 0 unspecified atom stereocenters. The third kappa shape index (κ3) is 6.38. The molecule has 1 fully saturated rings. The lowest BCUT2D eigenvalue weighted by Gasteiger charge is -2.37. The third-order valence-corrected chi connectivity index (χ3v) is 6.52. The Hall–Kier alpha value is -3.51. The van der Waals surface area contributed by atoms with Gasteiger partial charge in [0.15, 0.2) is 6.61 Å². The van der Waals surface area contributed by atoms with Gasteiger partial charge in [0.1, 0.15) is 5.75 Å². The Labute approximate surface area is 217 Å². The highest BCUT2D eigenvalue weighted by Gasteiger charge is 2.24. The Balaban J connectivity index is 1.33. The molecule has 1 heterocycles. The molecule has 1 aliphatic heterocycles. The van der Waals surface area contributed by atoms with Crippen molar-refractivity contribution in [2.24, 2.45) is 0 Å². The number of para-hydroxylation sites is 2. The van der Waals surface area contributed by atoms with Crippen LogP contribution in [-0.2, 0) is 10.2 Å². The van der Waals surface area contributed by atoms with Gasteiger partial charge < -0.3 is 19.9 Å². The molecule has 0 spiro atoms. The molecule has 0 radical (unpaired) electrons. The molecule has 0 saturated carbocycles. The number of piperazine rings is 1. The van der Waals surface area contributed by atoms with Gasteiger partial charge in [-0.05, 0) is 59.5 Å². The van der Waals surface area contributed by atoms with E-state index in [1.807, 2.05) is 53.4 Å². The van der Waals surface area contributed by atoms with E-state index < -0.39 is 0 Å². The van der Waals surface area contributed by atoms with Crippen molar-refractivity contribution in [2.45, 2.75) is 26.2 Å². The minimum atomic E-state index is -0.223. The van der Waals surface area contributed by atoms with E-state index in [-0.39, 0.29) is 23.8 Å². The number of nitrogens with one attached hydrogen (secondary N) is 1. The highest BCUT2D eigenvalue weighted by atomic mass is 35.5. The van der Waals surface area contributed by atoms with Gasteiger partial charge >= 0.3 is 0 Å². The molecule has 1 N–H and O–H groups in total. The van der Waals surface area contributed by atoms with Gasteiger partial charge in [-0.1, -0.05) is 56.6 Å². The van der Waals surface area contributed by atoms with Gasteiger partial charge in [0.25, 0.3) is 11.8 Å². The molecule has 0 atom stereocenters. The van der Waals surface area contributed by atoms with Crippen LogP contribution in [0.4, 0.5) is 11.4 Å². The average molecular weight is 506 g/mol. The van der Waals surface area contributed by atoms with E-state index in [9.17, 15) is 9.59 Å². The van der Waals surface area contributed by atoms with Crippen molar-refractivity contribution in [3.05, 3.63) is 88.9 Å². The van der Waals surface area contributed by atoms with Crippen molar-refractivity contribution in [1.29, 1.82) is 0 Å². The molecule has 6 nitrogen and oxygen atoms in total. The fraction of sp³-hybridized carbons (Fsp3) is 0.310. The van der Waals surface area contributed by atoms with E-state index in [0.717, 1.165) is 11.4 Å². The molecule has 4 rings (SSSR count). The van der Waals surface area contributed by atoms with Gasteiger partial charge in [-0.2, -0.15) is 0 Å². The largest absolute Gasteiger partial charge is 0.484 e. The minimum absolute atomic E-state index is 0.000543. The summed E-state index contributed by atoms with van der Waals surface area (Å²) >= 11 is 5.94. The fourth-order valence-electron chi connectivity index (χ4n) is 4.17. The van der Waals surface area contributed by atoms with Crippen molar-refractivity contribution < 1.29 is 14.3 Å². The second kappa shape index (κ2) is 11.0. The van der Waals surface area contributed by atoms with Crippen LogP contribution in [0, 0.1) is 0 Å². The molecule has 2 amide bonds.